The topological polar surface area (TPSA) is 51.2 Å². The van der Waals surface area contributed by atoms with Gasteiger partial charge in [-0.3, -0.25) is 4.79 Å². The molecule has 128 valence electrons. The summed E-state index contributed by atoms with van der Waals surface area (Å²) in [5.74, 6) is 0.534. The minimum absolute atomic E-state index is 0.0210. The highest BCUT2D eigenvalue weighted by atomic mass is 35.5. The number of nitrogens with one attached hydrogen (secondary N) is 1. The van der Waals surface area contributed by atoms with Crippen LogP contribution in [0.5, 0.6) is 5.75 Å². The molecule has 6 heteroatoms. The van der Waals surface area contributed by atoms with Gasteiger partial charge in [0.1, 0.15) is 5.75 Å². The first kappa shape index (κ1) is 17.2. The summed E-state index contributed by atoms with van der Waals surface area (Å²) in [6.45, 7) is 0.667. The molecule has 1 aliphatic rings. The molecule has 1 aromatic heterocycles. The summed E-state index contributed by atoms with van der Waals surface area (Å²) in [4.78, 5) is 18.0. The zero-order valence-electron chi connectivity index (χ0n) is 13.5. The zero-order valence-corrected chi connectivity index (χ0v) is 15.1. The van der Waals surface area contributed by atoms with Crippen LogP contribution in [0.15, 0.2) is 24.3 Å². The molecule has 1 aliphatic carbocycles. The summed E-state index contributed by atoms with van der Waals surface area (Å²) in [6.07, 6.45) is 6.70. The van der Waals surface area contributed by atoms with Crippen LogP contribution in [0.2, 0.25) is 5.02 Å². The van der Waals surface area contributed by atoms with E-state index in [1.54, 1.807) is 24.3 Å². The number of rotatable bonds is 7. The van der Waals surface area contributed by atoms with Crippen LogP contribution < -0.4 is 10.1 Å². The number of hydrogen-bond donors (Lipinski definition) is 1. The average Bonchev–Trinajstić information content (AvgIpc) is 3.01. The summed E-state index contributed by atoms with van der Waals surface area (Å²) >= 11 is 7.65. The zero-order chi connectivity index (χ0) is 16.8. The SMILES string of the molecule is O=C(COc1ccc(Cl)cc1)NCCCc1nc2c(s1)CCCC2. The Morgan fingerprint density at radius 3 is 2.83 bits per heavy atom. The van der Waals surface area contributed by atoms with Crippen molar-refractivity contribution >= 4 is 28.8 Å². The van der Waals surface area contributed by atoms with Crippen LogP contribution in [0.3, 0.4) is 0 Å². The van der Waals surface area contributed by atoms with Crippen LogP contribution in [0.25, 0.3) is 0 Å². The standard InChI is InChI=1S/C18H21ClN2O2S/c19-13-7-9-14(10-8-13)23-12-17(22)20-11-3-6-18-21-15-4-1-2-5-16(15)24-18/h7-10H,1-6,11-12H2,(H,20,22). The molecule has 0 saturated heterocycles. The fraction of sp³-hybridized carbons (Fsp3) is 0.444. The Morgan fingerprint density at radius 1 is 1.25 bits per heavy atom. The predicted octanol–water partition coefficient (Wildman–Crippen LogP) is 3.80. The molecule has 2 aromatic rings. The maximum atomic E-state index is 11.8. The number of aromatic nitrogens is 1. The number of nitrogens with zero attached hydrogens (tertiary/aromatic N) is 1. The van der Waals surface area contributed by atoms with Gasteiger partial charge in [-0.2, -0.15) is 0 Å². The summed E-state index contributed by atoms with van der Waals surface area (Å²) in [5, 5.41) is 4.73. The highest BCUT2D eigenvalue weighted by Crippen LogP contribution is 2.27. The van der Waals surface area contributed by atoms with Crippen molar-refractivity contribution in [3.63, 3.8) is 0 Å². The second-order valence-electron chi connectivity index (χ2n) is 5.88. The lowest BCUT2D eigenvalue weighted by Crippen LogP contribution is -2.29. The van der Waals surface area contributed by atoms with Crippen molar-refractivity contribution in [1.82, 2.24) is 10.3 Å². The van der Waals surface area contributed by atoms with Gasteiger partial charge in [-0.25, -0.2) is 4.98 Å². The molecule has 0 unspecified atom stereocenters. The lowest BCUT2D eigenvalue weighted by atomic mass is 10.0. The fourth-order valence-electron chi connectivity index (χ4n) is 2.71. The third-order valence-corrected chi connectivity index (χ3v) is 5.43. The maximum Gasteiger partial charge on any atom is 0.257 e. The summed E-state index contributed by atoms with van der Waals surface area (Å²) in [7, 11) is 0. The van der Waals surface area contributed by atoms with Gasteiger partial charge >= 0.3 is 0 Å². The van der Waals surface area contributed by atoms with E-state index >= 15 is 0 Å². The highest BCUT2D eigenvalue weighted by Gasteiger charge is 2.14. The molecule has 1 heterocycles. The monoisotopic (exact) mass is 364 g/mol. The van der Waals surface area contributed by atoms with Crippen LogP contribution >= 0.6 is 22.9 Å². The Labute approximate surface area is 151 Å². The number of benzene rings is 1. The van der Waals surface area contributed by atoms with Crippen molar-refractivity contribution in [2.75, 3.05) is 13.2 Å². The maximum absolute atomic E-state index is 11.8. The molecule has 0 atom stereocenters. The van der Waals surface area contributed by atoms with Crippen molar-refractivity contribution in [3.05, 3.63) is 44.9 Å². The molecule has 1 amide bonds. The molecule has 4 nitrogen and oxygen atoms in total. The van der Waals surface area contributed by atoms with E-state index in [0.29, 0.717) is 17.3 Å². The van der Waals surface area contributed by atoms with E-state index in [1.165, 1.54) is 34.8 Å². The number of aryl methyl sites for hydroxylation is 3. The van der Waals surface area contributed by atoms with E-state index in [-0.39, 0.29) is 12.5 Å². The quantitative estimate of drug-likeness (QED) is 0.760. The Kier molecular flexibility index (Phi) is 6.10. The first-order valence-electron chi connectivity index (χ1n) is 8.33. The van der Waals surface area contributed by atoms with E-state index in [1.807, 2.05) is 11.3 Å². The molecule has 0 saturated carbocycles. The van der Waals surface area contributed by atoms with Gasteiger partial charge in [0.25, 0.3) is 5.91 Å². The minimum atomic E-state index is -0.108. The molecule has 0 fully saturated rings. The largest absolute Gasteiger partial charge is 0.484 e. The van der Waals surface area contributed by atoms with Gasteiger partial charge in [-0.1, -0.05) is 11.6 Å². The van der Waals surface area contributed by atoms with Gasteiger partial charge in [0, 0.05) is 22.9 Å². The van der Waals surface area contributed by atoms with E-state index in [0.717, 1.165) is 19.3 Å². The summed E-state index contributed by atoms with van der Waals surface area (Å²) < 4.78 is 5.41. The molecule has 24 heavy (non-hydrogen) atoms. The van der Waals surface area contributed by atoms with E-state index in [9.17, 15) is 4.79 Å². The fourth-order valence-corrected chi connectivity index (χ4v) is 4.04. The Hall–Kier alpha value is -1.59. The van der Waals surface area contributed by atoms with Crippen LogP contribution in [0, 0.1) is 0 Å². The van der Waals surface area contributed by atoms with Crippen molar-refractivity contribution in [3.8, 4) is 5.75 Å². The molecule has 0 bridgehead atoms. The molecule has 3 rings (SSSR count). The molecule has 1 N–H and O–H groups in total. The lowest BCUT2D eigenvalue weighted by molar-refractivity contribution is -0.123. The van der Waals surface area contributed by atoms with Crippen LogP contribution in [-0.2, 0) is 24.1 Å². The normalized spacial score (nSPS) is 13.4. The number of hydrogen-bond acceptors (Lipinski definition) is 4. The van der Waals surface area contributed by atoms with Crippen molar-refractivity contribution in [2.45, 2.75) is 38.5 Å². The van der Waals surface area contributed by atoms with E-state index < -0.39 is 0 Å². The second kappa shape index (κ2) is 8.49. The first-order valence-corrected chi connectivity index (χ1v) is 9.52. The van der Waals surface area contributed by atoms with Gasteiger partial charge in [0.15, 0.2) is 6.61 Å². The smallest absolute Gasteiger partial charge is 0.257 e. The van der Waals surface area contributed by atoms with Crippen LogP contribution in [-0.4, -0.2) is 24.0 Å². The molecule has 0 aliphatic heterocycles. The van der Waals surface area contributed by atoms with E-state index in [2.05, 4.69) is 5.32 Å². The number of thiazole rings is 1. The Balaban J connectivity index is 1.33. The molecule has 0 radical (unpaired) electrons. The minimum Gasteiger partial charge on any atom is -0.484 e. The van der Waals surface area contributed by atoms with Crippen LogP contribution in [0.1, 0.15) is 34.8 Å². The second-order valence-corrected chi connectivity index (χ2v) is 7.49. The third kappa shape index (κ3) is 4.95. The number of fused-ring (bicyclic) bond motifs is 1. The average molecular weight is 365 g/mol. The molecular weight excluding hydrogens is 344 g/mol. The number of amides is 1. The van der Waals surface area contributed by atoms with Crippen molar-refractivity contribution < 1.29 is 9.53 Å². The number of carbonyl (C=O) groups excluding carboxylic acids is 1. The third-order valence-electron chi connectivity index (χ3n) is 3.96. The van der Waals surface area contributed by atoms with Crippen LogP contribution in [0.4, 0.5) is 0 Å². The molecule has 0 spiro atoms. The van der Waals surface area contributed by atoms with Crippen molar-refractivity contribution in [2.24, 2.45) is 0 Å². The Morgan fingerprint density at radius 2 is 2.04 bits per heavy atom. The lowest BCUT2D eigenvalue weighted by Gasteiger charge is -2.07. The first-order chi connectivity index (χ1) is 11.7. The van der Waals surface area contributed by atoms with Gasteiger partial charge < -0.3 is 10.1 Å². The predicted molar refractivity (Wildman–Crippen MR) is 97.0 cm³/mol. The summed E-state index contributed by atoms with van der Waals surface area (Å²) in [5.41, 5.74) is 1.31. The number of carbonyl (C=O) groups is 1. The molecular formula is C18H21ClN2O2S. The molecule has 1 aromatic carbocycles. The van der Waals surface area contributed by atoms with Gasteiger partial charge in [0.05, 0.1) is 10.7 Å². The van der Waals surface area contributed by atoms with Gasteiger partial charge in [0.2, 0.25) is 0 Å². The highest BCUT2D eigenvalue weighted by molar-refractivity contribution is 7.11. The summed E-state index contributed by atoms with van der Waals surface area (Å²) in [6, 6.07) is 6.98. The Bertz CT molecular complexity index is 661. The van der Waals surface area contributed by atoms with Gasteiger partial charge in [-0.05, 0) is 56.4 Å². The van der Waals surface area contributed by atoms with Crippen molar-refractivity contribution in [1.29, 1.82) is 0 Å². The number of halogens is 1. The van der Waals surface area contributed by atoms with E-state index in [4.69, 9.17) is 21.3 Å². The number of ether oxygens (including phenoxy) is 1. The van der Waals surface area contributed by atoms with Gasteiger partial charge in [-0.15, -0.1) is 11.3 Å².